The Balaban J connectivity index is 1.98. The van der Waals surface area contributed by atoms with Gasteiger partial charge in [-0.1, -0.05) is 23.2 Å². The van der Waals surface area contributed by atoms with Crippen molar-refractivity contribution in [3.8, 4) is 5.75 Å². The quantitative estimate of drug-likeness (QED) is 0.821. The zero-order chi connectivity index (χ0) is 11.5. The van der Waals surface area contributed by atoms with Gasteiger partial charge in [-0.2, -0.15) is 0 Å². The number of phenolic OH excluding ortho intramolecular Hbond substituents is 1. The van der Waals surface area contributed by atoms with Crippen molar-refractivity contribution in [1.29, 1.82) is 0 Å². The standard InChI is InChI=1S/C11H13Cl2NO2/c12-9-4-7(5-10(13)11(9)15)14-6-8-2-1-3-16-8/h4-5,8,14-15H,1-3,6H2. The predicted octanol–water partition coefficient (Wildman–Crippen LogP) is 3.29. The maximum atomic E-state index is 9.39. The molecule has 1 saturated heterocycles. The molecule has 0 aromatic heterocycles. The third-order valence-electron chi connectivity index (χ3n) is 2.57. The van der Waals surface area contributed by atoms with E-state index in [1.165, 1.54) is 0 Å². The van der Waals surface area contributed by atoms with Crippen molar-refractivity contribution in [1.82, 2.24) is 0 Å². The van der Waals surface area contributed by atoms with Crippen LogP contribution in [-0.2, 0) is 4.74 Å². The molecule has 1 fully saturated rings. The molecule has 1 aromatic rings. The molecule has 1 atom stereocenters. The number of aromatic hydroxyl groups is 1. The second kappa shape index (κ2) is 5.13. The van der Waals surface area contributed by atoms with E-state index >= 15 is 0 Å². The first kappa shape index (κ1) is 11.8. The highest BCUT2D eigenvalue weighted by Crippen LogP contribution is 2.34. The normalized spacial score (nSPS) is 20.0. The number of rotatable bonds is 3. The lowest BCUT2D eigenvalue weighted by Gasteiger charge is -2.12. The Bertz CT molecular complexity index is 355. The van der Waals surface area contributed by atoms with Gasteiger partial charge in [-0.25, -0.2) is 0 Å². The molecule has 1 aromatic carbocycles. The molecule has 0 saturated carbocycles. The Morgan fingerprint density at radius 3 is 2.62 bits per heavy atom. The number of anilines is 1. The highest BCUT2D eigenvalue weighted by molar-refractivity contribution is 6.37. The molecule has 2 rings (SSSR count). The van der Waals surface area contributed by atoms with E-state index in [1.54, 1.807) is 12.1 Å². The van der Waals surface area contributed by atoms with Gasteiger partial charge in [0.15, 0.2) is 5.75 Å². The highest BCUT2D eigenvalue weighted by atomic mass is 35.5. The highest BCUT2D eigenvalue weighted by Gasteiger charge is 2.15. The summed E-state index contributed by atoms with van der Waals surface area (Å²) in [5.41, 5.74) is 0.795. The predicted molar refractivity (Wildman–Crippen MR) is 65.6 cm³/mol. The van der Waals surface area contributed by atoms with Crippen molar-refractivity contribution in [3.05, 3.63) is 22.2 Å². The summed E-state index contributed by atoms with van der Waals surface area (Å²) >= 11 is 11.6. The van der Waals surface area contributed by atoms with E-state index in [0.717, 1.165) is 31.7 Å². The van der Waals surface area contributed by atoms with Crippen molar-refractivity contribution < 1.29 is 9.84 Å². The van der Waals surface area contributed by atoms with Crippen molar-refractivity contribution in [2.45, 2.75) is 18.9 Å². The van der Waals surface area contributed by atoms with Crippen LogP contribution in [0, 0.1) is 0 Å². The summed E-state index contributed by atoms with van der Waals surface area (Å²) in [4.78, 5) is 0. The molecule has 1 heterocycles. The van der Waals surface area contributed by atoms with Crippen LogP contribution in [0.5, 0.6) is 5.75 Å². The summed E-state index contributed by atoms with van der Waals surface area (Å²) in [7, 11) is 0. The van der Waals surface area contributed by atoms with Crippen LogP contribution in [0.3, 0.4) is 0 Å². The third kappa shape index (κ3) is 2.73. The zero-order valence-electron chi connectivity index (χ0n) is 8.67. The molecule has 0 radical (unpaired) electrons. The minimum absolute atomic E-state index is 0.0778. The zero-order valence-corrected chi connectivity index (χ0v) is 10.2. The van der Waals surface area contributed by atoms with E-state index in [1.807, 2.05) is 0 Å². The summed E-state index contributed by atoms with van der Waals surface area (Å²) < 4.78 is 5.48. The molecule has 2 N–H and O–H groups in total. The molecule has 0 bridgehead atoms. The summed E-state index contributed by atoms with van der Waals surface area (Å²) in [6.07, 6.45) is 2.45. The topological polar surface area (TPSA) is 41.5 Å². The molecule has 1 unspecified atom stereocenters. The molecule has 3 nitrogen and oxygen atoms in total. The number of halogens is 2. The van der Waals surface area contributed by atoms with Gasteiger partial charge in [-0.05, 0) is 25.0 Å². The lowest BCUT2D eigenvalue weighted by atomic mass is 10.2. The second-order valence-electron chi connectivity index (χ2n) is 3.80. The SMILES string of the molecule is Oc1c(Cl)cc(NCC2CCCO2)cc1Cl. The van der Waals surface area contributed by atoms with Gasteiger partial charge >= 0.3 is 0 Å². The van der Waals surface area contributed by atoms with Gasteiger partial charge < -0.3 is 15.2 Å². The average molecular weight is 262 g/mol. The Hall–Kier alpha value is -0.640. The van der Waals surface area contributed by atoms with Crippen LogP contribution in [0.1, 0.15) is 12.8 Å². The number of benzene rings is 1. The summed E-state index contributed by atoms with van der Waals surface area (Å²) in [6.45, 7) is 1.57. The van der Waals surface area contributed by atoms with Gasteiger partial charge in [-0.15, -0.1) is 0 Å². The fourth-order valence-electron chi connectivity index (χ4n) is 1.70. The van der Waals surface area contributed by atoms with Crippen LogP contribution in [0.15, 0.2) is 12.1 Å². The van der Waals surface area contributed by atoms with E-state index in [2.05, 4.69) is 5.32 Å². The summed E-state index contributed by atoms with van der Waals surface area (Å²) in [6, 6.07) is 3.30. The number of ether oxygens (including phenoxy) is 1. The van der Waals surface area contributed by atoms with Crippen LogP contribution in [0.4, 0.5) is 5.69 Å². The van der Waals surface area contributed by atoms with Gasteiger partial charge in [0, 0.05) is 18.8 Å². The average Bonchev–Trinajstić information content (AvgIpc) is 2.75. The van der Waals surface area contributed by atoms with Gasteiger partial charge in [0.25, 0.3) is 0 Å². The molecular formula is C11H13Cl2NO2. The molecule has 16 heavy (non-hydrogen) atoms. The van der Waals surface area contributed by atoms with Gasteiger partial charge in [-0.3, -0.25) is 0 Å². The maximum Gasteiger partial charge on any atom is 0.152 e. The second-order valence-corrected chi connectivity index (χ2v) is 4.62. The Morgan fingerprint density at radius 2 is 2.06 bits per heavy atom. The lowest BCUT2D eigenvalue weighted by Crippen LogP contribution is -2.18. The van der Waals surface area contributed by atoms with E-state index in [9.17, 15) is 5.11 Å². The first-order valence-corrected chi connectivity index (χ1v) is 5.96. The Morgan fingerprint density at radius 1 is 1.38 bits per heavy atom. The Kier molecular flexibility index (Phi) is 3.79. The van der Waals surface area contributed by atoms with Crippen LogP contribution in [0.25, 0.3) is 0 Å². The molecule has 1 aliphatic heterocycles. The van der Waals surface area contributed by atoms with E-state index < -0.39 is 0 Å². The van der Waals surface area contributed by atoms with Crippen LogP contribution in [-0.4, -0.2) is 24.4 Å². The molecule has 88 valence electrons. The lowest BCUT2D eigenvalue weighted by molar-refractivity contribution is 0.120. The Labute approximate surface area is 104 Å². The van der Waals surface area contributed by atoms with Crippen molar-refractivity contribution >= 4 is 28.9 Å². The molecule has 0 aliphatic carbocycles. The summed E-state index contributed by atoms with van der Waals surface area (Å²) in [5, 5.41) is 13.1. The molecule has 0 spiro atoms. The number of nitrogens with one attached hydrogen (secondary N) is 1. The van der Waals surface area contributed by atoms with Gasteiger partial charge in [0.1, 0.15) is 0 Å². The van der Waals surface area contributed by atoms with Crippen LogP contribution in [0.2, 0.25) is 10.0 Å². The molecule has 0 amide bonds. The van der Waals surface area contributed by atoms with E-state index in [4.69, 9.17) is 27.9 Å². The smallest absolute Gasteiger partial charge is 0.152 e. The number of phenols is 1. The number of hydrogen-bond donors (Lipinski definition) is 2. The molecular weight excluding hydrogens is 249 g/mol. The molecule has 1 aliphatic rings. The van der Waals surface area contributed by atoms with E-state index in [-0.39, 0.29) is 21.9 Å². The minimum atomic E-state index is -0.0778. The van der Waals surface area contributed by atoms with E-state index in [0.29, 0.717) is 0 Å². The summed E-state index contributed by atoms with van der Waals surface area (Å²) in [5.74, 6) is -0.0778. The fraction of sp³-hybridized carbons (Fsp3) is 0.455. The molecule has 5 heteroatoms. The van der Waals surface area contributed by atoms with Crippen LogP contribution >= 0.6 is 23.2 Å². The minimum Gasteiger partial charge on any atom is -0.505 e. The first-order chi connectivity index (χ1) is 7.66. The van der Waals surface area contributed by atoms with Crippen molar-refractivity contribution in [3.63, 3.8) is 0 Å². The monoisotopic (exact) mass is 261 g/mol. The van der Waals surface area contributed by atoms with Crippen LogP contribution < -0.4 is 5.32 Å². The van der Waals surface area contributed by atoms with Gasteiger partial charge in [0.05, 0.1) is 16.1 Å². The fourth-order valence-corrected chi connectivity index (χ4v) is 2.19. The first-order valence-electron chi connectivity index (χ1n) is 5.20. The third-order valence-corrected chi connectivity index (χ3v) is 3.15. The van der Waals surface area contributed by atoms with Gasteiger partial charge in [0.2, 0.25) is 0 Å². The maximum absolute atomic E-state index is 9.39. The van der Waals surface area contributed by atoms with Crippen molar-refractivity contribution in [2.24, 2.45) is 0 Å². The number of hydrogen-bond acceptors (Lipinski definition) is 3. The largest absolute Gasteiger partial charge is 0.505 e. The van der Waals surface area contributed by atoms with Crippen molar-refractivity contribution in [2.75, 3.05) is 18.5 Å².